The summed E-state index contributed by atoms with van der Waals surface area (Å²) in [6.45, 7) is 4.09. The van der Waals surface area contributed by atoms with E-state index in [4.69, 9.17) is 0 Å². The average molecular weight is 323 g/mol. The third kappa shape index (κ3) is 2.95. The number of aromatic hydroxyl groups is 1. The van der Waals surface area contributed by atoms with Crippen LogP contribution in [0.1, 0.15) is 25.5 Å². The van der Waals surface area contributed by atoms with Crippen LogP contribution in [0.25, 0.3) is 5.65 Å². The number of fused-ring (bicyclic) bond motifs is 1. The minimum absolute atomic E-state index is 0.135. The van der Waals surface area contributed by atoms with Crippen molar-refractivity contribution in [1.82, 2.24) is 9.38 Å². The molecule has 0 fully saturated rings. The number of benzene rings is 1. The van der Waals surface area contributed by atoms with Gasteiger partial charge in [-0.25, -0.2) is 4.98 Å². The predicted octanol–water partition coefficient (Wildman–Crippen LogP) is 4.64. The van der Waals surface area contributed by atoms with E-state index in [9.17, 15) is 5.11 Å². The second-order valence-corrected chi connectivity index (χ2v) is 6.17. The lowest BCUT2D eigenvalue weighted by Gasteiger charge is -2.11. The first-order chi connectivity index (χ1) is 11.5. The van der Waals surface area contributed by atoms with Crippen molar-refractivity contribution < 1.29 is 5.11 Å². The number of nitrogens with zero attached hydrogens (tertiary/aromatic N) is 5. The number of pyridine rings is 1. The molecule has 0 saturated heterocycles. The van der Waals surface area contributed by atoms with Crippen LogP contribution in [0.5, 0.6) is 5.75 Å². The van der Waals surface area contributed by atoms with Gasteiger partial charge in [-0.15, -0.1) is 10.2 Å². The first kappa shape index (κ1) is 16.0. The molecular formula is C18H21N5O. The fourth-order valence-corrected chi connectivity index (χ4v) is 2.47. The largest absolute Gasteiger partial charge is 0.504 e. The van der Waals surface area contributed by atoms with Crippen LogP contribution in [-0.4, -0.2) is 28.6 Å². The van der Waals surface area contributed by atoms with Crippen LogP contribution in [0.4, 0.5) is 17.2 Å². The normalized spacial score (nSPS) is 11.7. The molecule has 0 aliphatic rings. The maximum Gasteiger partial charge on any atom is 0.183 e. The second kappa shape index (κ2) is 6.31. The maximum atomic E-state index is 10.00. The molecule has 1 N–H and O–H groups in total. The van der Waals surface area contributed by atoms with Crippen LogP contribution in [0.3, 0.4) is 0 Å². The Labute approximate surface area is 141 Å². The Balaban J connectivity index is 2.02. The van der Waals surface area contributed by atoms with Crippen molar-refractivity contribution in [1.29, 1.82) is 0 Å². The Hall–Kier alpha value is -2.89. The molecule has 0 radical (unpaired) electrons. The summed E-state index contributed by atoms with van der Waals surface area (Å²) in [6.07, 6.45) is 1.83. The van der Waals surface area contributed by atoms with Gasteiger partial charge in [0, 0.05) is 26.0 Å². The highest BCUT2D eigenvalue weighted by atomic mass is 16.3. The molecule has 0 atom stereocenters. The van der Waals surface area contributed by atoms with E-state index in [1.165, 1.54) is 0 Å². The monoisotopic (exact) mass is 323 g/mol. The number of anilines is 1. The lowest BCUT2D eigenvalue weighted by Crippen LogP contribution is -2.07. The van der Waals surface area contributed by atoms with Crippen molar-refractivity contribution in [2.75, 3.05) is 19.0 Å². The summed E-state index contributed by atoms with van der Waals surface area (Å²) in [5, 5.41) is 18.7. The van der Waals surface area contributed by atoms with Crippen LogP contribution in [-0.2, 0) is 0 Å². The molecule has 24 heavy (non-hydrogen) atoms. The molecule has 2 aromatic heterocycles. The van der Waals surface area contributed by atoms with Gasteiger partial charge in [-0.2, -0.15) is 0 Å². The molecular weight excluding hydrogens is 302 g/mol. The van der Waals surface area contributed by atoms with Crippen LogP contribution < -0.4 is 4.90 Å². The number of hydrogen-bond acceptors (Lipinski definition) is 5. The van der Waals surface area contributed by atoms with E-state index in [-0.39, 0.29) is 11.7 Å². The van der Waals surface area contributed by atoms with Gasteiger partial charge in [-0.05, 0) is 42.3 Å². The third-order valence-electron chi connectivity index (χ3n) is 3.80. The zero-order chi connectivity index (χ0) is 17.3. The summed E-state index contributed by atoms with van der Waals surface area (Å²) >= 11 is 0. The van der Waals surface area contributed by atoms with Gasteiger partial charge >= 0.3 is 0 Å². The van der Waals surface area contributed by atoms with Gasteiger partial charge in [0.25, 0.3) is 0 Å². The molecule has 3 aromatic rings. The van der Waals surface area contributed by atoms with E-state index in [1.807, 2.05) is 63.3 Å². The van der Waals surface area contributed by atoms with E-state index in [0.717, 1.165) is 17.1 Å². The minimum atomic E-state index is 0.135. The van der Waals surface area contributed by atoms with Crippen LogP contribution in [0.2, 0.25) is 0 Å². The van der Waals surface area contributed by atoms with E-state index in [0.29, 0.717) is 11.5 Å². The fraction of sp³-hybridized carbons (Fsp3) is 0.278. The highest BCUT2D eigenvalue weighted by Gasteiger charge is 2.16. The molecule has 124 valence electrons. The molecule has 6 nitrogen and oxygen atoms in total. The summed E-state index contributed by atoms with van der Waals surface area (Å²) in [5.41, 5.74) is 3.19. The highest BCUT2D eigenvalue weighted by Crippen LogP contribution is 2.32. The topological polar surface area (TPSA) is 65.5 Å². The molecule has 0 unspecified atom stereocenters. The van der Waals surface area contributed by atoms with Crippen molar-refractivity contribution >= 4 is 22.8 Å². The number of imidazole rings is 1. The molecule has 0 bridgehead atoms. The summed E-state index contributed by atoms with van der Waals surface area (Å²) in [4.78, 5) is 6.55. The quantitative estimate of drug-likeness (QED) is 0.711. The van der Waals surface area contributed by atoms with Crippen LogP contribution >= 0.6 is 0 Å². The van der Waals surface area contributed by atoms with Gasteiger partial charge in [0.2, 0.25) is 0 Å². The van der Waals surface area contributed by atoms with Crippen molar-refractivity contribution in [3.63, 3.8) is 0 Å². The number of hydrogen-bond donors (Lipinski definition) is 1. The van der Waals surface area contributed by atoms with Crippen molar-refractivity contribution in [2.24, 2.45) is 10.2 Å². The zero-order valence-corrected chi connectivity index (χ0v) is 14.3. The number of azo groups is 1. The SMILES string of the molecule is CC(C)c1nc2c(O)cccn2c1N=Nc1ccc(N(C)C)cc1. The van der Waals surface area contributed by atoms with E-state index < -0.39 is 0 Å². The molecule has 1 aromatic carbocycles. The summed E-state index contributed by atoms with van der Waals surface area (Å²) in [6, 6.07) is 11.2. The van der Waals surface area contributed by atoms with Crippen LogP contribution in [0.15, 0.2) is 52.8 Å². The fourth-order valence-electron chi connectivity index (χ4n) is 2.47. The molecule has 0 spiro atoms. The van der Waals surface area contributed by atoms with Gasteiger partial charge < -0.3 is 10.0 Å². The zero-order valence-electron chi connectivity index (χ0n) is 14.3. The van der Waals surface area contributed by atoms with Crippen molar-refractivity contribution in [3.8, 4) is 5.75 Å². The van der Waals surface area contributed by atoms with Gasteiger partial charge in [0.15, 0.2) is 17.2 Å². The predicted molar refractivity (Wildman–Crippen MR) is 95.9 cm³/mol. The second-order valence-electron chi connectivity index (χ2n) is 6.17. The molecule has 0 saturated carbocycles. The lowest BCUT2D eigenvalue weighted by atomic mass is 10.1. The highest BCUT2D eigenvalue weighted by molar-refractivity contribution is 5.61. The Morgan fingerprint density at radius 3 is 2.42 bits per heavy atom. The van der Waals surface area contributed by atoms with Gasteiger partial charge in [0.1, 0.15) is 0 Å². The first-order valence-corrected chi connectivity index (χ1v) is 7.86. The number of aromatic nitrogens is 2. The molecule has 0 amide bonds. The smallest absolute Gasteiger partial charge is 0.183 e. The summed E-state index contributed by atoms with van der Waals surface area (Å²) in [7, 11) is 3.99. The van der Waals surface area contributed by atoms with E-state index >= 15 is 0 Å². The van der Waals surface area contributed by atoms with Crippen molar-refractivity contribution in [3.05, 3.63) is 48.3 Å². The van der Waals surface area contributed by atoms with E-state index in [1.54, 1.807) is 16.5 Å². The third-order valence-corrected chi connectivity index (χ3v) is 3.80. The molecule has 0 aliphatic carbocycles. The minimum Gasteiger partial charge on any atom is -0.504 e. The molecule has 6 heteroatoms. The van der Waals surface area contributed by atoms with Gasteiger partial charge in [-0.3, -0.25) is 4.40 Å². The Morgan fingerprint density at radius 1 is 1.08 bits per heavy atom. The lowest BCUT2D eigenvalue weighted by molar-refractivity contribution is 0.477. The molecule has 0 aliphatic heterocycles. The Kier molecular flexibility index (Phi) is 4.20. The van der Waals surface area contributed by atoms with E-state index in [2.05, 4.69) is 15.2 Å². The first-order valence-electron chi connectivity index (χ1n) is 7.86. The van der Waals surface area contributed by atoms with Crippen LogP contribution in [0, 0.1) is 0 Å². The molecule has 2 heterocycles. The maximum absolute atomic E-state index is 10.00. The average Bonchev–Trinajstić information content (AvgIpc) is 2.93. The van der Waals surface area contributed by atoms with Gasteiger partial charge in [-0.1, -0.05) is 13.8 Å². The van der Waals surface area contributed by atoms with Gasteiger partial charge in [0.05, 0.1) is 11.4 Å². The Morgan fingerprint density at radius 2 is 1.79 bits per heavy atom. The molecule has 3 rings (SSSR count). The van der Waals surface area contributed by atoms with Crippen molar-refractivity contribution in [2.45, 2.75) is 19.8 Å². The summed E-state index contributed by atoms with van der Waals surface area (Å²) in [5.74, 6) is 0.957. The summed E-state index contributed by atoms with van der Waals surface area (Å²) < 4.78 is 1.77. The number of rotatable bonds is 4. The Bertz CT molecular complexity index is 878. The standard InChI is InChI=1S/C18H21N5O/c1-12(2)16-18(23-11-5-6-15(24)17(23)19-16)21-20-13-7-9-14(10-8-13)22(3)4/h5-12,24H,1-4H3.